The van der Waals surface area contributed by atoms with Gasteiger partial charge in [-0.2, -0.15) is 0 Å². The monoisotopic (exact) mass is 279 g/mol. The Labute approximate surface area is 108 Å². The zero-order valence-electron chi connectivity index (χ0n) is 10.8. The van der Waals surface area contributed by atoms with Gasteiger partial charge in [0.1, 0.15) is 5.75 Å². The van der Waals surface area contributed by atoms with Crippen LogP contribution < -0.4 is 5.32 Å². The second kappa shape index (κ2) is 8.07. The number of amides is 1. The van der Waals surface area contributed by atoms with Crippen molar-refractivity contribution in [3.63, 3.8) is 0 Å². The van der Waals surface area contributed by atoms with Crippen molar-refractivity contribution in [1.29, 1.82) is 0 Å². The van der Waals surface area contributed by atoms with Gasteiger partial charge in [-0.1, -0.05) is 6.42 Å². The quantitative estimate of drug-likeness (QED) is 0.601. The standard InChI is InChI=1S/C11H21NO5S/c1-9(2)12-10(13)8-18(16,17)7-5-3-4-6-11(14)15/h9H,3-8H2,1-2H3,(H,12,13)(H,14,15). The molecule has 0 bridgehead atoms. The van der Waals surface area contributed by atoms with Crippen LogP contribution in [0, 0.1) is 0 Å². The smallest absolute Gasteiger partial charge is 0.303 e. The van der Waals surface area contributed by atoms with Crippen LogP contribution in [0.15, 0.2) is 0 Å². The molecule has 7 heteroatoms. The van der Waals surface area contributed by atoms with Crippen LogP contribution in [0.4, 0.5) is 0 Å². The number of hydrogen-bond acceptors (Lipinski definition) is 4. The Morgan fingerprint density at radius 1 is 1.17 bits per heavy atom. The fourth-order valence-electron chi connectivity index (χ4n) is 1.41. The fourth-order valence-corrected chi connectivity index (χ4v) is 2.68. The van der Waals surface area contributed by atoms with Crippen molar-refractivity contribution in [2.45, 2.75) is 45.6 Å². The van der Waals surface area contributed by atoms with Crippen molar-refractivity contribution in [1.82, 2.24) is 5.32 Å². The topological polar surface area (TPSA) is 101 Å². The lowest BCUT2D eigenvalue weighted by Crippen LogP contribution is -2.35. The molecule has 0 unspecified atom stereocenters. The van der Waals surface area contributed by atoms with E-state index < -0.39 is 27.5 Å². The number of carbonyl (C=O) groups is 2. The van der Waals surface area contributed by atoms with Gasteiger partial charge in [-0.15, -0.1) is 0 Å². The van der Waals surface area contributed by atoms with Crippen LogP contribution >= 0.6 is 0 Å². The van der Waals surface area contributed by atoms with Crippen molar-refractivity contribution in [2.75, 3.05) is 11.5 Å². The molecule has 0 atom stereocenters. The molecule has 0 aliphatic carbocycles. The lowest BCUT2D eigenvalue weighted by Gasteiger charge is -2.08. The van der Waals surface area contributed by atoms with Crippen LogP contribution in [-0.2, 0) is 19.4 Å². The zero-order valence-corrected chi connectivity index (χ0v) is 11.6. The molecule has 0 aliphatic heterocycles. The third-order valence-electron chi connectivity index (χ3n) is 2.15. The Balaban J connectivity index is 3.87. The molecular weight excluding hydrogens is 258 g/mol. The van der Waals surface area contributed by atoms with Gasteiger partial charge in [0.25, 0.3) is 0 Å². The van der Waals surface area contributed by atoms with Crippen molar-refractivity contribution in [3.05, 3.63) is 0 Å². The summed E-state index contributed by atoms with van der Waals surface area (Å²) in [7, 11) is -3.39. The Hall–Kier alpha value is -1.11. The van der Waals surface area contributed by atoms with Gasteiger partial charge in [0, 0.05) is 12.5 Å². The molecule has 0 radical (unpaired) electrons. The number of hydrogen-bond donors (Lipinski definition) is 2. The van der Waals surface area contributed by atoms with Gasteiger partial charge in [-0.3, -0.25) is 9.59 Å². The summed E-state index contributed by atoms with van der Waals surface area (Å²) in [6, 6.07) is -0.0803. The summed E-state index contributed by atoms with van der Waals surface area (Å²) in [4.78, 5) is 21.5. The molecule has 0 spiro atoms. The maximum atomic E-state index is 11.5. The van der Waals surface area contributed by atoms with Gasteiger partial charge in [-0.05, 0) is 26.7 Å². The molecule has 0 fully saturated rings. The molecule has 0 saturated carbocycles. The maximum Gasteiger partial charge on any atom is 0.303 e. The Morgan fingerprint density at radius 3 is 2.28 bits per heavy atom. The summed E-state index contributed by atoms with van der Waals surface area (Å²) in [6.07, 6.45) is 1.44. The highest BCUT2D eigenvalue weighted by atomic mass is 32.2. The zero-order chi connectivity index (χ0) is 14.2. The highest BCUT2D eigenvalue weighted by Crippen LogP contribution is 2.03. The second-order valence-electron chi connectivity index (χ2n) is 4.52. The highest BCUT2D eigenvalue weighted by molar-refractivity contribution is 7.92. The number of carboxylic acid groups (broad SMARTS) is 1. The summed E-state index contributed by atoms with van der Waals surface area (Å²) >= 11 is 0. The average Bonchev–Trinajstić information content (AvgIpc) is 2.13. The largest absolute Gasteiger partial charge is 0.481 e. The fraction of sp³-hybridized carbons (Fsp3) is 0.818. The van der Waals surface area contributed by atoms with E-state index in [1.165, 1.54) is 0 Å². The SMILES string of the molecule is CC(C)NC(=O)CS(=O)(=O)CCCCCC(=O)O. The molecule has 0 saturated heterocycles. The minimum atomic E-state index is -3.39. The van der Waals surface area contributed by atoms with Crippen molar-refractivity contribution in [3.8, 4) is 0 Å². The van der Waals surface area contributed by atoms with E-state index in [9.17, 15) is 18.0 Å². The highest BCUT2D eigenvalue weighted by Gasteiger charge is 2.16. The van der Waals surface area contributed by atoms with E-state index >= 15 is 0 Å². The van der Waals surface area contributed by atoms with Crippen LogP contribution in [-0.4, -0.2) is 42.9 Å². The Bertz CT molecular complexity index is 375. The summed E-state index contributed by atoms with van der Waals surface area (Å²) in [6.45, 7) is 3.52. The third-order valence-corrected chi connectivity index (χ3v) is 3.76. The molecule has 0 rings (SSSR count). The first kappa shape index (κ1) is 16.9. The predicted molar refractivity (Wildman–Crippen MR) is 68.0 cm³/mol. The normalized spacial score (nSPS) is 11.5. The summed E-state index contributed by atoms with van der Waals surface area (Å²) < 4.78 is 23.1. The molecule has 2 N–H and O–H groups in total. The molecule has 6 nitrogen and oxygen atoms in total. The number of rotatable bonds is 9. The first-order chi connectivity index (χ1) is 8.23. The van der Waals surface area contributed by atoms with Gasteiger partial charge < -0.3 is 10.4 Å². The van der Waals surface area contributed by atoms with Crippen LogP contribution in [0.5, 0.6) is 0 Å². The number of carboxylic acids is 1. The van der Waals surface area contributed by atoms with Gasteiger partial charge in [0.2, 0.25) is 5.91 Å². The van der Waals surface area contributed by atoms with E-state index in [0.29, 0.717) is 19.3 Å². The summed E-state index contributed by atoms with van der Waals surface area (Å²) in [5.74, 6) is -1.94. The maximum absolute atomic E-state index is 11.5. The molecule has 0 aromatic carbocycles. The molecule has 0 aromatic rings. The minimum absolute atomic E-state index is 0.0495. The van der Waals surface area contributed by atoms with Crippen LogP contribution in [0.25, 0.3) is 0 Å². The van der Waals surface area contributed by atoms with Crippen molar-refractivity contribution < 1.29 is 23.1 Å². The van der Waals surface area contributed by atoms with E-state index in [1.54, 1.807) is 13.8 Å². The van der Waals surface area contributed by atoms with Gasteiger partial charge in [0.15, 0.2) is 9.84 Å². The summed E-state index contributed by atoms with van der Waals surface area (Å²) in [5, 5.41) is 10.9. The molecule has 1 amide bonds. The number of carbonyl (C=O) groups excluding carboxylic acids is 1. The molecule has 0 heterocycles. The van der Waals surface area contributed by atoms with E-state index in [4.69, 9.17) is 5.11 Å². The molecule has 0 aromatic heterocycles. The molecular formula is C11H21NO5S. The Morgan fingerprint density at radius 2 is 1.78 bits per heavy atom. The molecule has 18 heavy (non-hydrogen) atoms. The molecule has 0 aliphatic rings. The first-order valence-corrected chi connectivity index (χ1v) is 7.76. The van der Waals surface area contributed by atoms with Gasteiger partial charge in [-0.25, -0.2) is 8.42 Å². The van der Waals surface area contributed by atoms with Crippen molar-refractivity contribution >= 4 is 21.7 Å². The van der Waals surface area contributed by atoms with E-state index in [2.05, 4.69) is 5.32 Å². The van der Waals surface area contributed by atoms with Gasteiger partial charge >= 0.3 is 5.97 Å². The molecule has 106 valence electrons. The number of unbranched alkanes of at least 4 members (excludes halogenated alkanes) is 2. The number of nitrogens with one attached hydrogen (secondary N) is 1. The van der Waals surface area contributed by atoms with Crippen LogP contribution in [0.3, 0.4) is 0 Å². The van der Waals surface area contributed by atoms with Crippen LogP contribution in [0.1, 0.15) is 39.5 Å². The first-order valence-electron chi connectivity index (χ1n) is 5.94. The van der Waals surface area contributed by atoms with Gasteiger partial charge in [0.05, 0.1) is 5.75 Å². The van der Waals surface area contributed by atoms with E-state index in [1.807, 2.05) is 0 Å². The lowest BCUT2D eigenvalue weighted by molar-refractivity contribution is -0.137. The minimum Gasteiger partial charge on any atom is -0.481 e. The van der Waals surface area contributed by atoms with Crippen molar-refractivity contribution in [2.24, 2.45) is 0 Å². The predicted octanol–water partition coefficient (Wildman–Crippen LogP) is 0.571. The van der Waals surface area contributed by atoms with E-state index in [0.717, 1.165) is 0 Å². The lowest BCUT2D eigenvalue weighted by atomic mass is 10.2. The second-order valence-corrected chi connectivity index (χ2v) is 6.70. The number of aliphatic carboxylic acids is 1. The third kappa shape index (κ3) is 10.1. The van der Waals surface area contributed by atoms with E-state index in [-0.39, 0.29) is 18.2 Å². The Kier molecular flexibility index (Phi) is 7.58. The summed E-state index contributed by atoms with van der Waals surface area (Å²) in [5.41, 5.74) is 0. The number of sulfone groups is 1. The van der Waals surface area contributed by atoms with Crippen LogP contribution in [0.2, 0.25) is 0 Å². The average molecular weight is 279 g/mol.